The molecule has 26 heavy (non-hydrogen) atoms. The molecule has 2 heterocycles. The van der Waals surface area contributed by atoms with Gasteiger partial charge in [-0.3, -0.25) is 9.48 Å². The number of aromatic nitrogens is 2. The third-order valence-corrected chi connectivity index (χ3v) is 4.48. The Bertz CT molecular complexity index is 1110. The normalized spacial score (nSPS) is 12.6. The van der Waals surface area contributed by atoms with Crippen molar-refractivity contribution in [3.05, 3.63) is 65.0 Å². The van der Waals surface area contributed by atoms with Crippen molar-refractivity contribution in [1.82, 2.24) is 15.1 Å². The molecule has 0 saturated carbocycles. The number of carbonyl (C=O) groups excluding carboxylic acids is 1. The Kier molecular flexibility index (Phi) is 3.55. The number of hydrogen-bond acceptors (Lipinski definition) is 3. The fourth-order valence-electron chi connectivity index (χ4n) is 3.19. The minimum Gasteiger partial charge on any atom is -0.348 e. The van der Waals surface area contributed by atoms with Gasteiger partial charge >= 0.3 is 0 Å². The van der Waals surface area contributed by atoms with E-state index in [0.29, 0.717) is 34.5 Å². The van der Waals surface area contributed by atoms with E-state index in [1.54, 1.807) is 19.2 Å². The van der Waals surface area contributed by atoms with Gasteiger partial charge in [-0.05, 0) is 41.0 Å². The van der Waals surface area contributed by atoms with E-state index < -0.39 is 11.6 Å². The van der Waals surface area contributed by atoms with E-state index in [9.17, 15) is 18.8 Å². The quantitative estimate of drug-likeness (QED) is 0.772. The molecule has 1 aromatic heterocycles. The summed E-state index contributed by atoms with van der Waals surface area (Å²) >= 11 is 0. The fraction of sp³-hybridized carbons (Fsp3) is 0.105. The van der Waals surface area contributed by atoms with Crippen molar-refractivity contribution < 1.29 is 13.6 Å². The van der Waals surface area contributed by atoms with Crippen LogP contribution in [0.1, 0.15) is 21.6 Å². The molecule has 0 radical (unpaired) electrons. The summed E-state index contributed by atoms with van der Waals surface area (Å²) in [5, 5.41) is 16.3. The first kappa shape index (κ1) is 16.0. The van der Waals surface area contributed by atoms with Crippen LogP contribution in [0.2, 0.25) is 0 Å². The fourth-order valence-corrected chi connectivity index (χ4v) is 3.19. The van der Waals surface area contributed by atoms with Crippen LogP contribution in [-0.2, 0) is 13.6 Å². The SMILES string of the molecule is Cn1ncc(-c2cc3c(cc2-c2ccc(F)cc2F)C(=O)NC3)c1C#N. The highest BCUT2D eigenvalue weighted by Gasteiger charge is 2.25. The second-order valence-electron chi connectivity index (χ2n) is 6.00. The third kappa shape index (κ3) is 2.35. The third-order valence-electron chi connectivity index (χ3n) is 4.48. The smallest absolute Gasteiger partial charge is 0.251 e. The van der Waals surface area contributed by atoms with Crippen molar-refractivity contribution in [2.75, 3.05) is 0 Å². The van der Waals surface area contributed by atoms with Crippen LogP contribution in [0.3, 0.4) is 0 Å². The standard InChI is InChI=1S/C19H12F2N4O/c1-25-18(7-22)16(9-24-25)14-4-10-8-23-19(26)13(10)6-15(14)12-3-2-11(20)5-17(12)21/h2-6,9H,8H2,1H3,(H,23,26). The van der Waals surface area contributed by atoms with E-state index in [-0.39, 0.29) is 11.5 Å². The molecule has 0 saturated heterocycles. The van der Waals surface area contributed by atoms with Gasteiger partial charge < -0.3 is 5.32 Å². The monoisotopic (exact) mass is 350 g/mol. The Balaban J connectivity index is 2.05. The van der Waals surface area contributed by atoms with E-state index in [1.807, 2.05) is 0 Å². The van der Waals surface area contributed by atoms with Gasteiger partial charge in [0, 0.05) is 36.3 Å². The molecular formula is C19H12F2N4O. The van der Waals surface area contributed by atoms with Gasteiger partial charge in [-0.25, -0.2) is 8.78 Å². The molecule has 4 rings (SSSR count). The summed E-state index contributed by atoms with van der Waals surface area (Å²) in [6.07, 6.45) is 1.52. The predicted molar refractivity (Wildman–Crippen MR) is 89.9 cm³/mol. The van der Waals surface area contributed by atoms with Crippen molar-refractivity contribution in [3.63, 3.8) is 0 Å². The lowest BCUT2D eigenvalue weighted by molar-refractivity contribution is 0.0966. The van der Waals surface area contributed by atoms with Crippen LogP contribution in [0.15, 0.2) is 36.5 Å². The molecule has 1 N–H and O–H groups in total. The Morgan fingerprint density at radius 2 is 1.88 bits per heavy atom. The molecule has 7 heteroatoms. The molecule has 0 aliphatic carbocycles. The summed E-state index contributed by atoms with van der Waals surface area (Å²) in [5.41, 5.74) is 3.15. The van der Waals surface area contributed by atoms with Crippen molar-refractivity contribution in [2.45, 2.75) is 6.54 Å². The first-order chi connectivity index (χ1) is 12.5. The average Bonchev–Trinajstić information content (AvgIpc) is 3.16. The number of carbonyl (C=O) groups is 1. The zero-order valence-corrected chi connectivity index (χ0v) is 13.7. The van der Waals surface area contributed by atoms with Gasteiger partial charge in [0.05, 0.1) is 6.20 Å². The highest BCUT2D eigenvalue weighted by Crippen LogP contribution is 2.38. The summed E-state index contributed by atoms with van der Waals surface area (Å²) in [5.74, 6) is -1.68. The van der Waals surface area contributed by atoms with Crippen LogP contribution in [0.5, 0.6) is 0 Å². The molecule has 1 aliphatic rings. The van der Waals surface area contributed by atoms with Crippen molar-refractivity contribution in [1.29, 1.82) is 5.26 Å². The van der Waals surface area contributed by atoms with E-state index in [2.05, 4.69) is 16.5 Å². The van der Waals surface area contributed by atoms with Gasteiger partial charge in [-0.2, -0.15) is 10.4 Å². The van der Waals surface area contributed by atoms with Crippen LogP contribution in [0.4, 0.5) is 8.78 Å². The van der Waals surface area contributed by atoms with Crippen LogP contribution < -0.4 is 5.32 Å². The van der Waals surface area contributed by atoms with Crippen LogP contribution in [0, 0.1) is 23.0 Å². The van der Waals surface area contributed by atoms with Gasteiger partial charge in [0.15, 0.2) is 0 Å². The number of amides is 1. The maximum atomic E-state index is 14.4. The molecule has 128 valence electrons. The summed E-state index contributed by atoms with van der Waals surface area (Å²) in [6.45, 7) is 0.357. The molecule has 0 unspecified atom stereocenters. The van der Waals surface area contributed by atoms with E-state index >= 15 is 0 Å². The van der Waals surface area contributed by atoms with Crippen molar-refractivity contribution in [3.8, 4) is 28.3 Å². The number of fused-ring (bicyclic) bond motifs is 1. The summed E-state index contributed by atoms with van der Waals surface area (Å²) in [7, 11) is 1.64. The largest absolute Gasteiger partial charge is 0.348 e. The average molecular weight is 350 g/mol. The summed E-state index contributed by atoms with van der Waals surface area (Å²) < 4.78 is 29.2. The molecule has 0 bridgehead atoms. The number of nitriles is 1. The molecule has 5 nitrogen and oxygen atoms in total. The topological polar surface area (TPSA) is 70.7 Å². The van der Waals surface area contributed by atoms with Crippen molar-refractivity contribution >= 4 is 5.91 Å². The van der Waals surface area contributed by atoms with E-state index in [1.165, 1.54) is 16.9 Å². The molecule has 1 amide bonds. The number of nitrogens with zero attached hydrogens (tertiary/aromatic N) is 3. The Morgan fingerprint density at radius 1 is 1.12 bits per heavy atom. The molecule has 2 aromatic carbocycles. The van der Waals surface area contributed by atoms with E-state index in [0.717, 1.165) is 17.7 Å². The minimum atomic E-state index is -0.744. The summed E-state index contributed by atoms with van der Waals surface area (Å²) in [6, 6.07) is 8.69. The van der Waals surface area contributed by atoms with E-state index in [4.69, 9.17) is 0 Å². The zero-order chi connectivity index (χ0) is 18.4. The number of benzene rings is 2. The van der Waals surface area contributed by atoms with Gasteiger partial charge in [-0.15, -0.1) is 0 Å². The molecule has 1 aliphatic heterocycles. The van der Waals surface area contributed by atoms with Gasteiger partial charge in [-0.1, -0.05) is 0 Å². The number of nitrogens with one attached hydrogen (secondary N) is 1. The lowest BCUT2D eigenvalue weighted by Crippen LogP contribution is -2.12. The maximum absolute atomic E-state index is 14.4. The van der Waals surface area contributed by atoms with Gasteiger partial charge in [0.1, 0.15) is 23.4 Å². The Morgan fingerprint density at radius 3 is 2.62 bits per heavy atom. The number of aryl methyl sites for hydroxylation is 1. The Labute approximate surface area is 147 Å². The molecular weight excluding hydrogens is 338 g/mol. The maximum Gasteiger partial charge on any atom is 0.251 e. The second-order valence-corrected chi connectivity index (χ2v) is 6.00. The molecule has 0 fully saturated rings. The molecule has 3 aromatic rings. The lowest BCUT2D eigenvalue weighted by Gasteiger charge is -2.12. The number of rotatable bonds is 2. The lowest BCUT2D eigenvalue weighted by atomic mass is 9.90. The second kappa shape index (κ2) is 5.77. The predicted octanol–water partition coefficient (Wildman–Crippen LogP) is 3.15. The number of hydrogen-bond donors (Lipinski definition) is 1. The number of halogens is 2. The first-order valence-corrected chi connectivity index (χ1v) is 7.82. The highest BCUT2D eigenvalue weighted by molar-refractivity contribution is 6.01. The van der Waals surface area contributed by atoms with Crippen LogP contribution in [0.25, 0.3) is 22.3 Å². The zero-order valence-electron chi connectivity index (χ0n) is 13.7. The van der Waals surface area contributed by atoms with Crippen molar-refractivity contribution in [2.24, 2.45) is 7.05 Å². The Hall–Kier alpha value is -3.53. The van der Waals surface area contributed by atoms with Gasteiger partial charge in [0.25, 0.3) is 5.91 Å². The first-order valence-electron chi connectivity index (χ1n) is 7.82. The van der Waals surface area contributed by atoms with Crippen LogP contribution >= 0.6 is 0 Å². The van der Waals surface area contributed by atoms with Gasteiger partial charge in [0.2, 0.25) is 0 Å². The summed E-state index contributed by atoms with van der Waals surface area (Å²) in [4.78, 5) is 12.0. The highest BCUT2D eigenvalue weighted by atomic mass is 19.1. The van der Waals surface area contributed by atoms with Crippen LogP contribution in [-0.4, -0.2) is 15.7 Å². The minimum absolute atomic E-state index is 0.150. The molecule has 0 spiro atoms. The molecule has 0 atom stereocenters.